The van der Waals surface area contributed by atoms with Crippen LogP contribution in [0.3, 0.4) is 0 Å². The normalized spacial score (nSPS) is 10.5. The van der Waals surface area contributed by atoms with Crippen molar-refractivity contribution in [3.63, 3.8) is 0 Å². The molecule has 1 heterocycles. The molecule has 146 valence electrons. The Bertz CT molecular complexity index is 910. The number of ether oxygens (including phenoxy) is 3. The Morgan fingerprint density at radius 3 is 2.39 bits per heavy atom. The minimum Gasteiger partial charge on any atom is -0.493 e. The van der Waals surface area contributed by atoms with Crippen LogP contribution in [0.5, 0.6) is 11.5 Å². The molecule has 3 rings (SSSR count). The van der Waals surface area contributed by atoms with E-state index >= 15 is 0 Å². The van der Waals surface area contributed by atoms with E-state index in [9.17, 15) is 4.79 Å². The van der Waals surface area contributed by atoms with Crippen LogP contribution in [0, 0.1) is 0 Å². The number of carbonyl (C=O) groups excluding carboxylic acids is 1. The van der Waals surface area contributed by atoms with E-state index in [1.54, 1.807) is 67.6 Å². The summed E-state index contributed by atoms with van der Waals surface area (Å²) < 4.78 is 17.5. The molecule has 2 aromatic carbocycles. The fourth-order valence-corrected chi connectivity index (χ4v) is 2.78. The third-order valence-corrected chi connectivity index (χ3v) is 4.24. The lowest BCUT2D eigenvalue weighted by Crippen LogP contribution is -2.34. The minimum absolute atomic E-state index is 0.144. The zero-order chi connectivity index (χ0) is 19.9. The van der Waals surface area contributed by atoms with Crippen molar-refractivity contribution in [3.8, 4) is 17.2 Å². The van der Waals surface area contributed by atoms with Crippen molar-refractivity contribution in [1.29, 1.82) is 0 Å². The van der Waals surface area contributed by atoms with E-state index in [2.05, 4.69) is 10.3 Å². The Labute approximate surface area is 163 Å². The quantitative estimate of drug-likeness (QED) is 0.596. The summed E-state index contributed by atoms with van der Waals surface area (Å²) in [4.78, 5) is 14.8. The Balaban J connectivity index is 1.89. The average molecular weight is 382 g/mol. The highest BCUT2D eigenvalue weighted by atomic mass is 16.5. The Morgan fingerprint density at radius 2 is 1.79 bits per heavy atom. The van der Waals surface area contributed by atoms with Gasteiger partial charge in [0.1, 0.15) is 0 Å². The van der Waals surface area contributed by atoms with Crippen molar-refractivity contribution < 1.29 is 19.0 Å². The maximum Gasteiger partial charge on any atom is 0.258 e. The second-order valence-corrected chi connectivity index (χ2v) is 5.88. The molecule has 0 radical (unpaired) electrons. The lowest BCUT2D eigenvalue weighted by Gasteiger charge is -2.24. The van der Waals surface area contributed by atoms with Gasteiger partial charge in [-0.05, 0) is 36.4 Å². The first-order valence-electron chi connectivity index (χ1n) is 8.67. The molecule has 0 saturated carbocycles. The molecule has 0 aliphatic carbocycles. The molecule has 0 fully saturated rings. The first kappa shape index (κ1) is 19.4. The van der Waals surface area contributed by atoms with E-state index in [-0.39, 0.29) is 5.91 Å². The number of nitrogens with zero attached hydrogens (tertiary/aromatic N) is 4. The standard InChI is InChI=1S/C20H22N4O4/c1-26-13-12-23(17-8-9-18(27-2)19(14-17)28-3)20(25)15-4-6-16(7-5-15)24-11-10-21-22-24/h4-11,14H,12-13H2,1-3H3. The largest absolute Gasteiger partial charge is 0.493 e. The van der Waals surface area contributed by atoms with Crippen LogP contribution in [0.4, 0.5) is 5.69 Å². The molecular weight excluding hydrogens is 360 g/mol. The van der Waals surface area contributed by atoms with Gasteiger partial charge in [0.2, 0.25) is 0 Å². The third kappa shape index (κ3) is 4.12. The molecule has 0 spiro atoms. The van der Waals surface area contributed by atoms with Crippen LogP contribution < -0.4 is 14.4 Å². The van der Waals surface area contributed by atoms with Gasteiger partial charge in [0.05, 0.1) is 38.9 Å². The summed E-state index contributed by atoms with van der Waals surface area (Å²) in [6, 6.07) is 12.5. The number of aromatic nitrogens is 3. The van der Waals surface area contributed by atoms with E-state index in [0.29, 0.717) is 35.9 Å². The van der Waals surface area contributed by atoms with Crippen molar-refractivity contribution in [2.24, 2.45) is 0 Å². The number of benzene rings is 2. The molecule has 3 aromatic rings. The molecule has 0 atom stereocenters. The lowest BCUT2D eigenvalue weighted by atomic mass is 10.1. The van der Waals surface area contributed by atoms with E-state index in [4.69, 9.17) is 14.2 Å². The highest BCUT2D eigenvalue weighted by Gasteiger charge is 2.19. The fourth-order valence-electron chi connectivity index (χ4n) is 2.78. The molecule has 0 unspecified atom stereocenters. The van der Waals surface area contributed by atoms with Gasteiger partial charge in [0.15, 0.2) is 11.5 Å². The molecule has 0 aliphatic rings. The second kappa shape index (κ2) is 9.01. The molecule has 1 amide bonds. The number of rotatable bonds is 8. The summed E-state index contributed by atoms with van der Waals surface area (Å²) in [5.74, 6) is 1.01. The number of carbonyl (C=O) groups is 1. The molecule has 28 heavy (non-hydrogen) atoms. The van der Waals surface area contributed by atoms with Gasteiger partial charge in [-0.2, -0.15) is 0 Å². The van der Waals surface area contributed by atoms with E-state index in [1.165, 1.54) is 0 Å². The summed E-state index contributed by atoms with van der Waals surface area (Å²) in [6.45, 7) is 0.798. The van der Waals surface area contributed by atoms with Crippen LogP contribution in [0.15, 0.2) is 54.9 Å². The van der Waals surface area contributed by atoms with Crippen LogP contribution in [-0.4, -0.2) is 55.4 Å². The lowest BCUT2D eigenvalue weighted by molar-refractivity contribution is 0.0976. The van der Waals surface area contributed by atoms with Crippen LogP contribution in [0.1, 0.15) is 10.4 Å². The maximum atomic E-state index is 13.2. The van der Waals surface area contributed by atoms with Crippen LogP contribution in [0.25, 0.3) is 5.69 Å². The smallest absolute Gasteiger partial charge is 0.258 e. The fraction of sp³-hybridized carbons (Fsp3) is 0.250. The maximum absolute atomic E-state index is 13.2. The molecular formula is C20H22N4O4. The van der Waals surface area contributed by atoms with E-state index in [1.807, 2.05) is 18.2 Å². The molecule has 0 N–H and O–H groups in total. The average Bonchev–Trinajstić information content (AvgIpc) is 3.28. The molecule has 0 bridgehead atoms. The van der Waals surface area contributed by atoms with Crippen LogP contribution in [0.2, 0.25) is 0 Å². The summed E-state index contributed by atoms with van der Waals surface area (Å²) in [6.07, 6.45) is 3.34. The SMILES string of the molecule is COCCN(C(=O)c1ccc(-n2ccnn2)cc1)c1ccc(OC)c(OC)c1. The number of amides is 1. The predicted octanol–water partition coefficient (Wildman–Crippen LogP) is 2.58. The highest BCUT2D eigenvalue weighted by molar-refractivity contribution is 6.06. The number of hydrogen-bond donors (Lipinski definition) is 0. The van der Waals surface area contributed by atoms with Gasteiger partial charge in [-0.15, -0.1) is 5.10 Å². The monoisotopic (exact) mass is 382 g/mol. The van der Waals surface area contributed by atoms with Crippen molar-refractivity contribution in [2.45, 2.75) is 0 Å². The predicted molar refractivity (Wildman–Crippen MR) is 104 cm³/mol. The van der Waals surface area contributed by atoms with Gasteiger partial charge in [-0.25, -0.2) is 4.68 Å². The van der Waals surface area contributed by atoms with Gasteiger partial charge < -0.3 is 19.1 Å². The Morgan fingerprint density at radius 1 is 1.04 bits per heavy atom. The molecule has 0 saturated heterocycles. The van der Waals surface area contributed by atoms with Crippen molar-refractivity contribution in [1.82, 2.24) is 15.0 Å². The van der Waals surface area contributed by atoms with E-state index < -0.39 is 0 Å². The zero-order valence-electron chi connectivity index (χ0n) is 16.0. The van der Waals surface area contributed by atoms with Gasteiger partial charge in [-0.1, -0.05) is 5.21 Å². The molecule has 8 heteroatoms. The van der Waals surface area contributed by atoms with Crippen LogP contribution >= 0.6 is 0 Å². The highest BCUT2D eigenvalue weighted by Crippen LogP contribution is 2.32. The summed E-state index contributed by atoms with van der Waals surface area (Å²) >= 11 is 0. The molecule has 8 nitrogen and oxygen atoms in total. The van der Waals surface area contributed by atoms with Crippen molar-refractivity contribution in [2.75, 3.05) is 39.4 Å². The minimum atomic E-state index is -0.144. The molecule has 0 aliphatic heterocycles. The number of anilines is 1. The van der Waals surface area contributed by atoms with Crippen LogP contribution in [-0.2, 0) is 4.74 Å². The number of hydrogen-bond acceptors (Lipinski definition) is 6. The summed E-state index contributed by atoms with van der Waals surface area (Å²) in [5.41, 5.74) is 2.07. The topological polar surface area (TPSA) is 78.7 Å². The van der Waals surface area contributed by atoms with Crippen molar-refractivity contribution in [3.05, 3.63) is 60.4 Å². The third-order valence-electron chi connectivity index (χ3n) is 4.24. The first-order valence-corrected chi connectivity index (χ1v) is 8.67. The van der Waals surface area contributed by atoms with Gasteiger partial charge >= 0.3 is 0 Å². The Kier molecular flexibility index (Phi) is 6.23. The summed E-state index contributed by atoms with van der Waals surface area (Å²) in [5, 5.41) is 7.74. The van der Waals surface area contributed by atoms with Gasteiger partial charge in [0.25, 0.3) is 5.91 Å². The number of methoxy groups -OCH3 is 3. The summed E-state index contributed by atoms with van der Waals surface area (Å²) in [7, 11) is 4.73. The molecule has 1 aromatic heterocycles. The Hall–Kier alpha value is -3.39. The second-order valence-electron chi connectivity index (χ2n) is 5.88. The first-order chi connectivity index (χ1) is 13.7. The zero-order valence-corrected chi connectivity index (χ0v) is 16.0. The van der Waals surface area contributed by atoms with Crippen molar-refractivity contribution >= 4 is 11.6 Å². The van der Waals surface area contributed by atoms with Gasteiger partial charge in [-0.3, -0.25) is 4.79 Å². The van der Waals surface area contributed by atoms with Gasteiger partial charge in [0, 0.05) is 31.0 Å². The van der Waals surface area contributed by atoms with E-state index in [0.717, 1.165) is 5.69 Å².